The van der Waals surface area contributed by atoms with Gasteiger partial charge in [-0.3, -0.25) is 14.7 Å². The predicted octanol–water partition coefficient (Wildman–Crippen LogP) is 1.31. The summed E-state index contributed by atoms with van der Waals surface area (Å²) in [6.45, 7) is 3.74. The number of aromatic nitrogens is 3. The van der Waals surface area contributed by atoms with Gasteiger partial charge >= 0.3 is 0 Å². The van der Waals surface area contributed by atoms with Crippen molar-refractivity contribution in [3.05, 3.63) is 52.6 Å². The Hall–Kier alpha value is -2.98. The molecule has 10 heteroatoms. The number of aromatic amines is 1. The van der Waals surface area contributed by atoms with Crippen LogP contribution in [0.3, 0.4) is 0 Å². The van der Waals surface area contributed by atoms with E-state index in [0.29, 0.717) is 23.1 Å². The minimum atomic E-state index is -3.93. The van der Waals surface area contributed by atoms with E-state index in [4.69, 9.17) is 0 Å². The number of nitrogens with zero attached hydrogens (tertiary/aromatic N) is 3. The molecule has 1 aromatic carbocycles. The molecular formula is C18H21N5O4S. The molecule has 9 nitrogen and oxygen atoms in total. The highest BCUT2D eigenvalue weighted by molar-refractivity contribution is 7.89. The molecule has 0 fully saturated rings. The van der Waals surface area contributed by atoms with Gasteiger partial charge in [-0.15, -0.1) is 0 Å². The SMILES string of the molecule is CCn1ccc(NC(=O)CN(C)S(=O)(=O)c2cc(C)cc3cn[nH]c23)cc1=O. The Morgan fingerprint density at radius 2 is 2.07 bits per heavy atom. The van der Waals surface area contributed by atoms with Crippen molar-refractivity contribution in [1.82, 2.24) is 19.1 Å². The molecule has 148 valence electrons. The number of amides is 1. The Morgan fingerprint density at radius 1 is 1.32 bits per heavy atom. The molecule has 0 atom stereocenters. The smallest absolute Gasteiger partial charge is 0.252 e. The third-order valence-electron chi connectivity index (χ3n) is 4.33. The maximum Gasteiger partial charge on any atom is 0.252 e. The number of pyridine rings is 1. The number of nitrogens with one attached hydrogen (secondary N) is 2. The van der Waals surface area contributed by atoms with Crippen LogP contribution >= 0.6 is 0 Å². The van der Waals surface area contributed by atoms with Crippen molar-refractivity contribution in [1.29, 1.82) is 0 Å². The summed E-state index contributed by atoms with van der Waals surface area (Å²) in [4.78, 5) is 24.2. The second kappa shape index (κ2) is 7.56. The molecule has 0 spiro atoms. The second-order valence-corrected chi connectivity index (χ2v) is 8.46. The van der Waals surface area contributed by atoms with Gasteiger partial charge in [0.2, 0.25) is 15.9 Å². The maximum atomic E-state index is 13.0. The first kappa shape index (κ1) is 19.8. The molecule has 0 aliphatic heterocycles. The van der Waals surface area contributed by atoms with E-state index in [1.165, 1.54) is 23.7 Å². The first-order chi connectivity index (χ1) is 13.2. The van der Waals surface area contributed by atoms with Crippen molar-refractivity contribution in [3.8, 4) is 0 Å². The zero-order valence-corrected chi connectivity index (χ0v) is 16.6. The molecule has 2 heterocycles. The number of likely N-dealkylation sites (N-methyl/N-ethyl adjacent to an activating group) is 1. The predicted molar refractivity (Wildman–Crippen MR) is 106 cm³/mol. The van der Waals surface area contributed by atoms with Gasteiger partial charge in [-0.25, -0.2) is 8.42 Å². The summed E-state index contributed by atoms with van der Waals surface area (Å²) < 4.78 is 28.4. The average molecular weight is 403 g/mol. The van der Waals surface area contributed by atoms with E-state index < -0.39 is 22.5 Å². The van der Waals surface area contributed by atoms with Gasteiger partial charge in [0.15, 0.2) is 0 Å². The Kier molecular flexibility index (Phi) is 5.34. The van der Waals surface area contributed by atoms with Crippen LogP contribution in [0.4, 0.5) is 5.69 Å². The molecule has 0 radical (unpaired) electrons. The van der Waals surface area contributed by atoms with Crippen molar-refractivity contribution in [2.45, 2.75) is 25.3 Å². The van der Waals surface area contributed by atoms with E-state index >= 15 is 0 Å². The molecule has 2 N–H and O–H groups in total. The molecule has 0 aliphatic rings. The molecule has 3 aromatic rings. The van der Waals surface area contributed by atoms with Crippen molar-refractivity contribution in [3.63, 3.8) is 0 Å². The molecule has 0 unspecified atom stereocenters. The van der Waals surface area contributed by atoms with Gasteiger partial charge in [0, 0.05) is 36.9 Å². The third-order valence-corrected chi connectivity index (χ3v) is 6.16. The standard InChI is InChI=1S/C18H21N5O4S/c1-4-23-6-5-14(9-17(23)25)20-16(24)11-22(3)28(26,27)15-8-12(2)7-13-10-19-21-18(13)15/h5-10H,4,11H2,1-3H3,(H,19,21)(H,20,24). The second-order valence-electron chi connectivity index (χ2n) is 6.45. The van der Waals surface area contributed by atoms with Crippen LogP contribution in [-0.4, -0.2) is 47.0 Å². The lowest BCUT2D eigenvalue weighted by Crippen LogP contribution is -2.35. The van der Waals surface area contributed by atoms with E-state index in [1.807, 2.05) is 13.0 Å². The summed E-state index contributed by atoms with van der Waals surface area (Å²) in [5.74, 6) is -0.548. The highest BCUT2D eigenvalue weighted by atomic mass is 32.2. The molecule has 0 bridgehead atoms. The van der Waals surface area contributed by atoms with Gasteiger partial charge in [0.05, 0.1) is 18.3 Å². The first-order valence-corrected chi connectivity index (χ1v) is 10.1. The van der Waals surface area contributed by atoms with Gasteiger partial charge in [0.1, 0.15) is 4.90 Å². The fourth-order valence-electron chi connectivity index (χ4n) is 2.87. The third kappa shape index (κ3) is 3.82. The summed E-state index contributed by atoms with van der Waals surface area (Å²) in [6.07, 6.45) is 3.12. The number of fused-ring (bicyclic) bond motifs is 1. The van der Waals surface area contributed by atoms with E-state index in [9.17, 15) is 18.0 Å². The Labute approximate surface area is 162 Å². The molecule has 0 aliphatic carbocycles. The van der Waals surface area contributed by atoms with Gasteiger partial charge < -0.3 is 9.88 Å². The summed E-state index contributed by atoms with van der Waals surface area (Å²) >= 11 is 0. The fraction of sp³-hybridized carbons (Fsp3) is 0.278. The quantitative estimate of drug-likeness (QED) is 0.644. The maximum absolute atomic E-state index is 13.0. The highest BCUT2D eigenvalue weighted by Gasteiger charge is 2.26. The number of carbonyl (C=O) groups is 1. The molecule has 0 saturated carbocycles. The Bertz CT molecular complexity index is 1200. The van der Waals surface area contributed by atoms with E-state index in [-0.39, 0.29) is 10.5 Å². The number of sulfonamides is 1. The minimum absolute atomic E-state index is 0.0563. The number of anilines is 1. The van der Waals surface area contributed by atoms with Crippen LogP contribution in [0, 0.1) is 6.92 Å². The number of H-pyrrole nitrogens is 1. The van der Waals surface area contributed by atoms with Crippen molar-refractivity contribution >= 4 is 32.5 Å². The van der Waals surface area contributed by atoms with Crippen molar-refractivity contribution in [2.24, 2.45) is 0 Å². The molecule has 2 aromatic heterocycles. The molecule has 3 rings (SSSR count). The molecule has 28 heavy (non-hydrogen) atoms. The van der Waals surface area contributed by atoms with Crippen LogP contribution < -0.4 is 10.9 Å². The fourth-order valence-corrected chi connectivity index (χ4v) is 4.25. The number of carbonyl (C=O) groups excluding carboxylic acids is 1. The Balaban J connectivity index is 1.80. The van der Waals surface area contributed by atoms with Crippen LogP contribution in [0.25, 0.3) is 10.9 Å². The summed E-state index contributed by atoms with van der Waals surface area (Å²) in [7, 11) is -2.60. The van der Waals surface area contributed by atoms with E-state index in [2.05, 4.69) is 15.5 Å². The molecule has 1 amide bonds. The van der Waals surface area contributed by atoms with Crippen LogP contribution in [0.15, 0.2) is 46.3 Å². The lowest BCUT2D eigenvalue weighted by molar-refractivity contribution is -0.116. The number of hydrogen-bond acceptors (Lipinski definition) is 5. The number of hydrogen-bond donors (Lipinski definition) is 2. The lowest BCUT2D eigenvalue weighted by atomic mass is 10.2. The van der Waals surface area contributed by atoms with Gasteiger partial charge in [-0.05, 0) is 37.6 Å². The van der Waals surface area contributed by atoms with Gasteiger partial charge in [-0.2, -0.15) is 9.40 Å². The van der Waals surface area contributed by atoms with Crippen LogP contribution in [0.1, 0.15) is 12.5 Å². The zero-order valence-electron chi connectivity index (χ0n) is 15.8. The largest absolute Gasteiger partial charge is 0.325 e. The van der Waals surface area contributed by atoms with Crippen LogP contribution in [0.2, 0.25) is 0 Å². The number of aryl methyl sites for hydroxylation is 2. The summed E-state index contributed by atoms with van der Waals surface area (Å²) in [5, 5.41) is 9.82. The monoisotopic (exact) mass is 403 g/mol. The normalized spacial score (nSPS) is 11.9. The van der Waals surface area contributed by atoms with Gasteiger partial charge in [-0.1, -0.05) is 0 Å². The van der Waals surface area contributed by atoms with Crippen LogP contribution in [0.5, 0.6) is 0 Å². The first-order valence-electron chi connectivity index (χ1n) is 8.62. The van der Waals surface area contributed by atoms with Crippen molar-refractivity contribution < 1.29 is 13.2 Å². The van der Waals surface area contributed by atoms with E-state index in [1.54, 1.807) is 25.4 Å². The van der Waals surface area contributed by atoms with Gasteiger partial charge in [0.25, 0.3) is 5.56 Å². The lowest BCUT2D eigenvalue weighted by Gasteiger charge is -2.18. The molecular weight excluding hydrogens is 382 g/mol. The van der Waals surface area contributed by atoms with Crippen LogP contribution in [-0.2, 0) is 21.4 Å². The zero-order chi connectivity index (χ0) is 20.5. The number of benzene rings is 1. The van der Waals surface area contributed by atoms with E-state index in [0.717, 1.165) is 9.87 Å². The summed E-state index contributed by atoms with van der Waals surface area (Å²) in [5.41, 5.74) is 1.22. The summed E-state index contributed by atoms with van der Waals surface area (Å²) in [6, 6.07) is 6.24. The highest BCUT2D eigenvalue weighted by Crippen LogP contribution is 2.25. The Morgan fingerprint density at radius 3 is 2.75 bits per heavy atom. The van der Waals surface area contributed by atoms with Crippen molar-refractivity contribution in [2.75, 3.05) is 18.9 Å². The number of rotatable bonds is 6. The molecule has 0 saturated heterocycles. The topological polar surface area (TPSA) is 117 Å². The minimum Gasteiger partial charge on any atom is -0.325 e. The average Bonchev–Trinajstić information content (AvgIpc) is 3.09.